The molecule has 2 aliphatic rings. The first-order valence-corrected chi connectivity index (χ1v) is 7.95. The van der Waals surface area contributed by atoms with Crippen LogP contribution in [-0.2, 0) is 6.54 Å². The molecule has 104 valence electrons. The molecule has 0 bridgehead atoms. The maximum Gasteiger partial charge on any atom is 0.120 e. The van der Waals surface area contributed by atoms with Crippen molar-refractivity contribution in [3.05, 3.63) is 28.2 Å². The Morgan fingerprint density at radius 3 is 3.00 bits per heavy atom. The minimum atomic E-state index is 0.411. The minimum Gasteiger partial charge on any atom is -0.508 e. The Morgan fingerprint density at radius 1 is 1.21 bits per heavy atom. The van der Waals surface area contributed by atoms with Gasteiger partial charge in [-0.05, 0) is 37.6 Å². The van der Waals surface area contributed by atoms with Crippen LogP contribution < -0.4 is 0 Å². The molecule has 0 saturated carbocycles. The Hall–Kier alpha value is -0.580. The van der Waals surface area contributed by atoms with Crippen LogP contribution in [0, 0.1) is 0 Å². The molecule has 2 heterocycles. The first-order valence-electron chi connectivity index (χ1n) is 7.16. The largest absolute Gasteiger partial charge is 0.508 e. The Morgan fingerprint density at radius 2 is 2.11 bits per heavy atom. The molecule has 1 aromatic carbocycles. The second-order valence-corrected chi connectivity index (χ2v) is 6.61. The predicted octanol–water partition coefficient (Wildman–Crippen LogP) is 2.82. The van der Waals surface area contributed by atoms with Crippen molar-refractivity contribution >= 4 is 15.9 Å². The topological polar surface area (TPSA) is 26.7 Å². The van der Waals surface area contributed by atoms with Crippen molar-refractivity contribution in [3.63, 3.8) is 0 Å². The summed E-state index contributed by atoms with van der Waals surface area (Å²) in [6.07, 6.45) is 4.07. The molecule has 1 atom stereocenters. The zero-order chi connectivity index (χ0) is 13.2. The maximum atomic E-state index is 9.94. The molecule has 2 saturated heterocycles. The van der Waals surface area contributed by atoms with Crippen molar-refractivity contribution in [3.8, 4) is 5.75 Å². The summed E-state index contributed by atoms with van der Waals surface area (Å²) in [6, 6.07) is 6.42. The summed E-state index contributed by atoms with van der Waals surface area (Å²) in [6.45, 7) is 5.57. The van der Waals surface area contributed by atoms with Crippen LogP contribution >= 0.6 is 15.9 Å². The number of rotatable bonds is 2. The lowest BCUT2D eigenvalue weighted by atomic mass is 9.99. The summed E-state index contributed by atoms with van der Waals surface area (Å²) in [4.78, 5) is 5.12. The van der Waals surface area contributed by atoms with Gasteiger partial charge in [-0.1, -0.05) is 22.4 Å². The highest BCUT2D eigenvalue weighted by atomic mass is 79.9. The molecule has 0 spiro atoms. The number of benzene rings is 1. The third kappa shape index (κ3) is 3.12. The number of nitrogens with zero attached hydrogens (tertiary/aromatic N) is 2. The minimum absolute atomic E-state index is 0.411. The van der Waals surface area contributed by atoms with Gasteiger partial charge in [0.25, 0.3) is 0 Å². The normalized spacial score (nSPS) is 25.2. The third-order valence-corrected chi connectivity index (χ3v) is 4.85. The lowest BCUT2D eigenvalue weighted by Gasteiger charge is -2.44. The standard InChI is InChI=1S/C15H21BrN2O/c16-13-4-5-15(19)12(9-13)10-17-7-8-18-6-2-1-3-14(18)11-17/h4-5,9,14,19H,1-3,6-8,10-11H2. The summed E-state index contributed by atoms with van der Waals surface area (Å²) < 4.78 is 1.04. The maximum absolute atomic E-state index is 9.94. The molecule has 2 aliphatic heterocycles. The van der Waals surface area contributed by atoms with Gasteiger partial charge < -0.3 is 5.11 Å². The number of piperazine rings is 1. The van der Waals surface area contributed by atoms with E-state index in [-0.39, 0.29) is 0 Å². The van der Waals surface area contributed by atoms with Gasteiger partial charge in [0.2, 0.25) is 0 Å². The van der Waals surface area contributed by atoms with Crippen LogP contribution in [0.2, 0.25) is 0 Å². The monoisotopic (exact) mass is 324 g/mol. The lowest BCUT2D eigenvalue weighted by Crippen LogP contribution is -2.54. The van der Waals surface area contributed by atoms with Gasteiger partial charge in [-0.25, -0.2) is 0 Å². The molecular weight excluding hydrogens is 304 g/mol. The third-order valence-electron chi connectivity index (χ3n) is 4.36. The van der Waals surface area contributed by atoms with Gasteiger partial charge in [-0.2, -0.15) is 0 Å². The van der Waals surface area contributed by atoms with Crippen LogP contribution in [0.3, 0.4) is 0 Å². The quantitative estimate of drug-likeness (QED) is 0.906. The molecule has 0 amide bonds. The summed E-state index contributed by atoms with van der Waals surface area (Å²) in [5.41, 5.74) is 1.03. The smallest absolute Gasteiger partial charge is 0.120 e. The molecule has 2 fully saturated rings. The SMILES string of the molecule is Oc1ccc(Br)cc1CN1CCN2CCCCC2C1. The Balaban J connectivity index is 1.65. The molecule has 3 rings (SSSR count). The zero-order valence-electron chi connectivity index (χ0n) is 11.2. The number of fused-ring (bicyclic) bond motifs is 1. The first kappa shape index (κ1) is 13.4. The van der Waals surface area contributed by atoms with Gasteiger partial charge in [-0.15, -0.1) is 0 Å². The van der Waals surface area contributed by atoms with Crippen LogP contribution in [0.1, 0.15) is 24.8 Å². The van der Waals surface area contributed by atoms with Crippen molar-refractivity contribution in [2.24, 2.45) is 0 Å². The van der Waals surface area contributed by atoms with E-state index in [2.05, 4.69) is 25.7 Å². The van der Waals surface area contributed by atoms with Crippen molar-refractivity contribution < 1.29 is 5.11 Å². The van der Waals surface area contributed by atoms with Gasteiger partial charge >= 0.3 is 0 Å². The number of hydrogen-bond acceptors (Lipinski definition) is 3. The van der Waals surface area contributed by atoms with Gasteiger partial charge in [-0.3, -0.25) is 9.80 Å². The summed E-state index contributed by atoms with van der Waals surface area (Å²) >= 11 is 3.48. The fourth-order valence-electron chi connectivity index (χ4n) is 3.29. The summed E-state index contributed by atoms with van der Waals surface area (Å²) in [5, 5.41) is 9.94. The van der Waals surface area contributed by atoms with E-state index in [0.717, 1.165) is 35.7 Å². The number of phenols is 1. The molecular formula is C15H21BrN2O. The molecule has 19 heavy (non-hydrogen) atoms. The van der Waals surface area contributed by atoms with E-state index in [1.165, 1.54) is 32.4 Å². The van der Waals surface area contributed by atoms with Crippen LogP contribution in [0.15, 0.2) is 22.7 Å². The van der Waals surface area contributed by atoms with Gasteiger partial charge in [0, 0.05) is 42.3 Å². The van der Waals surface area contributed by atoms with Crippen LogP contribution in [0.25, 0.3) is 0 Å². The highest BCUT2D eigenvalue weighted by molar-refractivity contribution is 9.10. The van der Waals surface area contributed by atoms with Crippen molar-refractivity contribution in [2.75, 3.05) is 26.2 Å². The van der Waals surface area contributed by atoms with E-state index in [4.69, 9.17) is 0 Å². The highest BCUT2D eigenvalue weighted by Crippen LogP contribution is 2.26. The zero-order valence-corrected chi connectivity index (χ0v) is 12.8. The molecule has 0 aromatic heterocycles. The number of aromatic hydroxyl groups is 1. The fourth-order valence-corrected chi connectivity index (χ4v) is 3.69. The first-order chi connectivity index (χ1) is 9.22. The molecule has 3 nitrogen and oxygen atoms in total. The molecule has 0 aliphatic carbocycles. The Kier molecular flexibility index (Phi) is 4.10. The van der Waals surface area contributed by atoms with E-state index < -0.39 is 0 Å². The molecule has 0 radical (unpaired) electrons. The van der Waals surface area contributed by atoms with E-state index in [9.17, 15) is 5.11 Å². The number of halogens is 1. The number of phenolic OH excluding ortho intramolecular Hbond substituents is 1. The predicted molar refractivity (Wildman–Crippen MR) is 80.3 cm³/mol. The second-order valence-electron chi connectivity index (χ2n) is 5.69. The van der Waals surface area contributed by atoms with E-state index in [1.54, 1.807) is 6.07 Å². The van der Waals surface area contributed by atoms with Crippen molar-refractivity contribution in [1.29, 1.82) is 0 Å². The number of piperidine rings is 1. The van der Waals surface area contributed by atoms with Crippen LogP contribution in [0.4, 0.5) is 0 Å². The van der Waals surface area contributed by atoms with E-state index in [1.807, 2.05) is 12.1 Å². The Labute approximate surface area is 123 Å². The second kappa shape index (κ2) is 5.81. The van der Waals surface area contributed by atoms with Gasteiger partial charge in [0.1, 0.15) is 5.75 Å². The molecule has 1 N–H and O–H groups in total. The van der Waals surface area contributed by atoms with E-state index in [0.29, 0.717) is 5.75 Å². The summed E-state index contributed by atoms with van der Waals surface area (Å²) in [5.74, 6) is 0.411. The lowest BCUT2D eigenvalue weighted by molar-refractivity contribution is 0.0453. The molecule has 4 heteroatoms. The highest BCUT2D eigenvalue weighted by Gasteiger charge is 2.28. The molecule has 1 aromatic rings. The van der Waals surface area contributed by atoms with Crippen LogP contribution in [-0.4, -0.2) is 47.1 Å². The molecule has 1 unspecified atom stereocenters. The summed E-state index contributed by atoms with van der Waals surface area (Å²) in [7, 11) is 0. The fraction of sp³-hybridized carbons (Fsp3) is 0.600. The van der Waals surface area contributed by atoms with Gasteiger partial charge in [0.05, 0.1) is 0 Å². The van der Waals surface area contributed by atoms with Gasteiger partial charge in [0.15, 0.2) is 0 Å². The Bertz CT molecular complexity index is 452. The van der Waals surface area contributed by atoms with Crippen LogP contribution in [0.5, 0.6) is 5.75 Å². The average molecular weight is 325 g/mol. The number of hydrogen-bond donors (Lipinski definition) is 1. The van der Waals surface area contributed by atoms with Crippen molar-refractivity contribution in [1.82, 2.24) is 9.80 Å². The van der Waals surface area contributed by atoms with E-state index >= 15 is 0 Å². The van der Waals surface area contributed by atoms with Crippen molar-refractivity contribution in [2.45, 2.75) is 31.8 Å². The average Bonchev–Trinajstić information content (AvgIpc) is 2.43.